The molecule has 6 nitrogen and oxygen atoms in total. The smallest absolute Gasteiger partial charge is 0.191 e. The summed E-state index contributed by atoms with van der Waals surface area (Å²) in [4.78, 5) is 8.03. The summed E-state index contributed by atoms with van der Waals surface area (Å²) in [7, 11) is 0. The molecule has 3 rings (SSSR count). The summed E-state index contributed by atoms with van der Waals surface area (Å²) in [6.07, 6.45) is 5.21. The lowest BCUT2D eigenvalue weighted by Gasteiger charge is -2.18. The number of hydrogen-bond acceptors (Lipinski definition) is 5. The molecule has 0 radical (unpaired) electrons. The topological polar surface area (TPSA) is 71.4 Å². The van der Waals surface area contributed by atoms with Gasteiger partial charge in [0.1, 0.15) is 5.69 Å². The minimum atomic E-state index is -0.449. The second-order valence-electron chi connectivity index (χ2n) is 4.43. The van der Waals surface area contributed by atoms with Crippen molar-refractivity contribution in [3.05, 3.63) is 48.3 Å². The predicted octanol–water partition coefficient (Wildman–Crippen LogP) is 2.09. The highest BCUT2D eigenvalue weighted by Gasteiger charge is 2.21. The van der Waals surface area contributed by atoms with Crippen LogP contribution in [0.4, 0.5) is 10.1 Å². The van der Waals surface area contributed by atoms with Crippen molar-refractivity contribution < 1.29 is 9.13 Å². The van der Waals surface area contributed by atoms with Gasteiger partial charge in [0.2, 0.25) is 0 Å². The van der Waals surface area contributed by atoms with Gasteiger partial charge < -0.3 is 10.1 Å². The fraction of sp³-hybridized carbons (Fsp3) is 0.143. The van der Waals surface area contributed by atoms with E-state index in [1.165, 1.54) is 12.3 Å². The van der Waals surface area contributed by atoms with Crippen molar-refractivity contribution in [1.82, 2.24) is 15.4 Å². The van der Waals surface area contributed by atoms with E-state index in [4.69, 9.17) is 17.0 Å². The van der Waals surface area contributed by atoms with Crippen LogP contribution in [0, 0.1) is 5.82 Å². The lowest BCUT2D eigenvalue weighted by Crippen LogP contribution is -2.27. The fourth-order valence-electron chi connectivity index (χ4n) is 1.96. The molecule has 2 aromatic heterocycles. The molecule has 0 spiro atoms. The Kier molecular flexibility index (Phi) is 4.19. The van der Waals surface area contributed by atoms with Crippen LogP contribution >= 0.6 is 12.2 Å². The lowest BCUT2D eigenvalue weighted by atomic mass is 10.1. The third-order valence-corrected chi connectivity index (χ3v) is 3.14. The van der Waals surface area contributed by atoms with Gasteiger partial charge in [-0.25, -0.2) is 4.39 Å². The van der Waals surface area contributed by atoms with Gasteiger partial charge in [-0.2, -0.15) is 5.10 Å². The average Bonchev–Trinajstić information content (AvgIpc) is 2.54. The van der Waals surface area contributed by atoms with Gasteiger partial charge in [-0.1, -0.05) is 0 Å². The summed E-state index contributed by atoms with van der Waals surface area (Å²) in [5.41, 5.74) is 4.52. The molecule has 1 aliphatic heterocycles. The molecule has 0 aromatic carbocycles. The first-order valence-electron chi connectivity index (χ1n) is 6.55. The molecule has 1 aliphatic rings. The van der Waals surface area contributed by atoms with Crippen molar-refractivity contribution in [1.29, 1.82) is 0 Å². The first-order chi connectivity index (χ1) is 10.7. The van der Waals surface area contributed by atoms with Gasteiger partial charge >= 0.3 is 0 Å². The monoisotopic (exact) mass is 317 g/mol. The van der Waals surface area contributed by atoms with Crippen molar-refractivity contribution in [3.8, 4) is 5.75 Å². The molecule has 0 fully saturated rings. The Hall–Kier alpha value is -2.61. The van der Waals surface area contributed by atoms with Crippen LogP contribution in [0.3, 0.4) is 0 Å². The molecule has 0 saturated carbocycles. The van der Waals surface area contributed by atoms with E-state index in [2.05, 4.69) is 25.8 Å². The van der Waals surface area contributed by atoms with E-state index in [0.717, 1.165) is 5.69 Å². The number of nitrogens with one attached hydrogen (secondary N) is 2. The zero-order valence-electron chi connectivity index (χ0n) is 11.4. The van der Waals surface area contributed by atoms with Crippen molar-refractivity contribution in [2.24, 2.45) is 5.10 Å². The highest BCUT2D eigenvalue weighted by Crippen LogP contribution is 2.25. The molecule has 0 unspecified atom stereocenters. The molecule has 0 saturated heterocycles. The van der Waals surface area contributed by atoms with Gasteiger partial charge in [0.05, 0.1) is 12.3 Å². The van der Waals surface area contributed by atoms with Gasteiger partial charge in [0.25, 0.3) is 0 Å². The van der Waals surface area contributed by atoms with E-state index in [9.17, 15) is 4.39 Å². The van der Waals surface area contributed by atoms with E-state index in [-0.39, 0.29) is 5.75 Å². The van der Waals surface area contributed by atoms with E-state index in [1.807, 2.05) is 0 Å². The van der Waals surface area contributed by atoms with Crippen molar-refractivity contribution in [2.45, 2.75) is 6.42 Å². The number of pyridine rings is 2. The minimum absolute atomic E-state index is 0.127. The Bertz CT molecular complexity index is 722. The van der Waals surface area contributed by atoms with Crippen LogP contribution in [0.15, 0.2) is 41.9 Å². The van der Waals surface area contributed by atoms with Gasteiger partial charge in [-0.3, -0.25) is 15.4 Å². The number of aromatic nitrogens is 2. The molecular weight excluding hydrogens is 305 g/mol. The van der Waals surface area contributed by atoms with E-state index >= 15 is 0 Å². The number of hydrogen-bond donors (Lipinski definition) is 2. The lowest BCUT2D eigenvalue weighted by molar-refractivity contribution is 0.300. The van der Waals surface area contributed by atoms with Crippen LogP contribution < -0.4 is 15.5 Å². The Morgan fingerprint density at radius 2 is 2.09 bits per heavy atom. The Balaban J connectivity index is 1.72. The normalized spacial score (nSPS) is 14.9. The molecule has 0 aliphatic carbocycles. The maximum absolute atomic E-state index is 13.6. The maximum Gasteiger partial charge on any atom is 0.191 e. The third kappa shape index (κ3) is 3.17. The van der Waals surface area contributed by atoms with Crippen LogP contribution in [-0.2, 0) is 0 Å². The first kappa shape index (κ1) is 14.3. The number of halogens is 1. The van der Waals surface area contributed by atoms with Gasteiger partial charge in [0, 0.05) is 30.7 Å². The highest BCUT2D eigenvalue weighted by atomic mass is 32.1. The number of anilines is 1. The predicted molar refractivity (Wildman–Crippen MR) is 84.4 cm³/mol. The zero-order chi connectivity index (χ0) is 15.4. The van der Waals surface area contributed by atoms with Crippen molar-refractivity contribution in [2.75, 3.05) is 11.9 Å². The molecule has 0 atom stereocenters. The molecule has 0 amide bonds. The maximum atomic E-state index is 13.6. The molecule has 112 valence electrons. The molecule has 0 bridgehead atoms. The molecule has 2 N–H and O–H groups in total. The van der Waals surface area contributed by atoms with E-state index in [0.29, 0.717) is 29.5 Å². The fourth-order valence-corrected chi connectivity index (χ4v) is 2.12. The van der Waals surface area contributed by atoms with Gasteiger partial charge in [-0.15, -0.1) is 0 Å². The van der Waals surface area contributed by atoms with E-state index < -0.39 is 5.82 Å². The Labute approximate surface area is 131 Å². The second-order valence-corrected chi connectivity index (χ2v) is 4.84. The molecule has 8 heteroatoms. The summed E-state index contributed by atoms with van der Waals surface area (Å²) in [5.74, 6) is -0.322. The summed E-state index contributed by atoms with van der Waals surface area (Å²) < 4.78 is 18.9. The molecule has 22 heavy (non-hydrogen) atoms. The summed E-state index contributed by atoms with van der Waals surface area (Å²) in [6.45, 7) is 0.348. The Morgan fingerprint density at radius 1 is 1.27 bits per heavy atom. The number of fused-ring (bicyclic) bond motifs is 1. The van der Waals surface area contributed by atoms with Crippen LogP contribution in [0.1, 0.15) is 12.1 Å². The van der Waals surface area contributed by atoms with Crippen molar-refractivity contribution in [3.63, 3.8) is 0 Å². The standard InChI is InChI=1S/C14H12FN5OS/c15-10-3-7-17-12-11(4-8-21-13(10)12)19-20-14(22)18-9-1-5-16-6-2-9/h1-3,5-7H,4,8H2,(H2,16,18,20,22)/b19-11-. The summed E-state index contributed by atoms with van der Waals surface area (Å²) in [5, 5.41) is 7.49. The van der Waals surface area contributed by atoms with Gasteiger partial charge in [-0.05, 0) is 30.4 Å². The van der Waals surface area contributed by atoms with Gasteiger partial charge in [0.15, 0.2) is 16.7 Å². The Morgan fingerprint density at radius 3 is 2.91 bits per heavy atom. The average molecular weight is 317 g/mol. The van der Waals surface area contributed by atoms with Crippen LogP contribution in [0.2, 0.25) is 0 Å². The first-order valence-corrected chi connectivity index (χ1v) is 6.96. The SMILES string of the molecule is Fc1ccnc2c1OCC/C2=N/NC(=S)Nc1ccncc1. The molecule has 3 heterocycles. The van der Waals surface area contributed by atoms with Crippen molar-refractivity contribution >= 4 is 28.7 Å². The number of nitrogens with zero attached hydrogens (tertiary/aromatic N) is 3. The number of thiocarbonyl (C=S) groups is 1. The summed E-state index contributed by atoms with van der Waals surface area (Å²) >= 11 is 5.15. The highest BCUT2D eigenvalue weighted by molar-refractivity contribution is 7.80. The number of ether oxygens (including phenoxy) is 1. The summed E-state index contributed by atoms with van der Waals surface area (Å²) in [6, 6.07) is 4.81. The number of rotatable bonds is 2. The zero-order valence-corrected chi connectivity index (χ0v) is 12.2. The number of hydrazone groups is 1. The molecule has 2 aromatic rings. The van der Waals surface area contributed by atoms with E-state index in [1.54, 1.807) is 24.5 Å². The third-order valence-electron chi connectivity index (χ3n) is 2.95. The minimum Gasteiger partial charge on any atom is -0.488 e. The second kappa shape index (κ2) is 6.44. The quantitative estimate of drug-likeness (QED) is 0.653. The van der Waals surface area contributed by atoms with Crippen LogP contribution in [0.5, 0.6) is 5.75 Å². The van der Waals surface area contributed by atoms with Crippen LogP contribution in [0.25, 0.3) is 0 Å². The van der Waals surface area contributed by atoms with Crippen LogP contribution in [-0.4, -0.2) is 27.4 Å². The molecular formula is C14H12FN5OS. The largest absolute Gasteiger partial charge is 0.488 e.